The Morgan fingerprint density at radius 3 is 2.85 bits per heavy atom. The van der Waals surface area contributed by atoms with Crippen molar-refractivity contribution in [2.75, 3.05) is 0 Å². The molecule has 0 saturated heterocycles. The third kappa shape index (κ3) is 1.97. The predicted octanol–water partition coefficient (Wildman–Crippen LogP) is 1.67. The van der Waals surface area contributed by atoms with Crippen LogP contribution in [0.2, 0.25) is 0 Å². The summed E-state index contributed by atoms with van der Waals surface area (Å²) in [6, 6.07) is 5.59. The predicted molar refractivity (Wildman–Crippen MR) is 54.2 cm³/mol. The second-order valence-corrected chi connectivity index (χ2v) is 3.07. The quantitative estimate of drug-likeness (QED) is 0.690. The molecule has 0 unspecified atom stereocenters. The van der Waals surface area contributed by atoms with Crippen molar-refractivity contribution in [1.29, 1.82) is 0 Å². The zero-order valence-corrected chi connectivity index (χ0v) is 7.83. The summed E-state index contributed by atoms with van der Waals surface area (Å²) in [5.74, 6) is 0. The van der Waals surface area contributed by atoms with Crippen LogP contribution in [-0.2, 0) is 6.61 Å². The van der Waals surface area contributed by atoms with E-state index in [2.05, 4.69) is 6.58 Å². The van der Waals surface area contributed by atoms with Crippen LogP contribution in [0.4, 0.5) is 0 Å². The molecule has 0 spiro atoms. The van der Waals surface area contributed by atoms with Crippen LogP contribution in [-0.4, -0.2) is 5.11 Å². The Hall–Kier alpha value is -1.12. The van der Waals surface area contributed by atoms with Crippen molar-refractivity contribution in [3.05, 3.63) is 47.5 Å². The van der Waals surface area contributed by atoms with Gasteiger partial charge in [0.05, 0.1) is 6.61 Å². The molecule has 0 aromatic heterocycles. The van der Waals surface area contributed by atoms with Crippen molar-refractivity contribution < 1.29 is 5.11 Å². The molecule has 0 aliphatic carbocycles. The van der Waals surface area contributed by atoms with Crippen molar-refractivity contribution in [2.45, 2.75) is 19.6 Å². The van der Waals surface area contributed by atoms with Crippen LogP contribution in [0.25, 0.3) is 0 Å². The summed E-state index contributed by atoms with van der Waals surface area (Å²) in [7, 11) is 0. The molecule has 0 aliphatic rings. The second-order valence-electron chi connectivity index (χ2n) is 3.07. The van der Waals surface area contributed by atoms with Gasteiger partial charge in [0.15, 0.2) is 0 Å². The van der Waals surface area contributed by atoms with Gasteiger partial charge in [-0.2, -0.15) is 0 Å². The molecule has 1 aromatic carbocycles. The zero-order chi connectivity index (χ0) is 9.84. The first-order chi connectivity index (χ1) is 6.20. The Kier molecular flexibility index (Phi) is 3.23. The molecule has 0 heterocycles. The van der Waals surface area contributed by atoms with Gasteiger partial charge in [0, 0.05) is 6.04 Å². The Balaban J connectivity index is 3.22. The van der Waals surface area contributed by atoms with Gasteiger partial charge in [-0.3, -0.25) is 0 Å². The lowest BCUT2D eigenvalue weighted by Crippen LogP contribution is -2.11. The largest absolute Gasteiger partial charge is 0.392 e. The van der Waals surface area contributed by atoms with Gasteiger partial charge in [-0.25, -0.2) is 0 Å². The molecule has 70 valence electrons. The minimum Gasteiger partial charge on any atom is -0.392 e. The van der Waals surface area contributed by atoms with Crippen LogP contribution >= 0.6 is 0 Å². The average Bonchev–Trinajstić information content (AvgIpc) is 2.16. The summed E-state index contributed by atoms with van der Waals surface area (Å²) in [5, 5.41) is 9.10. The van der Waals surface area contributed by atoms with E-state index in [9.17, 15) is 0 Å². The average molecular weight is 177 g/mol. The molecule has 1 atom stereocenters. The SMILES string of the molecule is C=C[C@H](N)c1c(C)cccc1CO. The lowest BCUT2D eigenvalue weighted by molar-refractivity contribution is 0.280. The van der Waals surface area contributed by atoms with E-state index in [0.29, 0.717) is 0 Å². The maximum Gasteiger partial charge on any atom is 0.0685 e. The number of aliphatic hydroxyl groups excluding tert-OH is 1. The normalized spacial score (nSPS) is 12.5. The summed E-state index contributed by atoms with van der Waals surface area (Å²) >= 11 is 0. The third-order valence-electron chi connectivity index (χ3n) is 2.17. The Morgan fingerprint density at radius 1 is 1.62 bits per heavy atom. The molecule has 0 saturated carbocycles. The lowest BCUT2D eigenvalue weighted by atomic mass is 9.96. The van der Waals surface area contributed by atoms with Crippen LogP contribution in [0.15, 0.2) is 30.9 Å². The topological polar surface area (TPSA) is 46.2 Å². The van der Waals surface area contributed by atoms with E-state index in [1.807, 2.05) is 25.1 Å². The van der Waals surface area contributed by atoms with E-state index in [1.54, 1.807) is 6.08 Å². The maximum atomic E-state index is 9.10. The van der Waals surface area contributed by atoms with E-state index in [0.717, 1.165) is 16.7 Å². The molecule has 2 heteroatoms. The van der Waals surface area contributed by atoms with E-state index < -0.39 is 0 Å². The summed E-state index contributed by atoms with van der Waals surface area (Å²) < 4.78 is 0. The van der Waals surface area contributed by atoms with Crippen molar-refractivity contribution in [1.82, 2.24) is 0 Å². The van der Waals surface area contributed by atoms with Crippen LogP contribution < -0.4 is 5.73 Å². The highest BCUT2D eigenvalue weighted by Gasteiger charge is 2.09. The number of aliphatic hydroxyl groups is 1. The first kappa shape index (κ1) is 9.96. The number of aryl methyl sites for hydroxylation is 1. The summed E-state index contributed by atoms with van der Waals surface area (Å²) in [5.41, 5.74) is 8.81. The molecule has 0 radical (unpaired) electrons. The molecule has 3 N–H and O–H groups in total. The van der Waals surface area contributed by atoms with Gasteiger partial charge in [-0.1, -0.05) is 24.3 Å². The third-order valence-corrected chi connectivity index (χ3v) is 2.17. The highest BCUT2D eigenvalue weighted by Crippen LogP contribution is 2.21. The van der Waals surface area contributed by atoms with Crippen molar-refractivity contribution >= 4 is 0 Å². The Bertz CT molecular complexity index is 307. The molecule has 13 heavy (non-hydrogen) atoms. The van der Waals surface area contributed by atoms with E-state index >= 15 is 0 Å². The molecule has 0 fully saturated rings. The van der Waals surface area contributed by atoms with Gasteiger partial charge in [0.2, 0.25) is 0 Å². The fraction of sp³-hybridized carbons (Fsp3) is 0.273. The van der Waals surface area contributed by atoms with Crippen LogP contribution in [0, 0.1) is 6.92 Å². The molecule has 1 rings (SSSR count). The number of nitrogens with two attached hydrogens (primary N) is 1. The second kappa shape index (κ2) is 4.21. The minimum absolute atomic E-state index is 0.0263. The van der Waals surface area contributed by atoms with Gasteiger partial charge in [-0.15, -0.1) is 6.58 Å². The monoisotopic (exact) mass is 177 g/mol. The van der Waals surface area contributed by atoms with Crippen molar-refractivity contribution in [3.8, 4) is 0 Å². The van der Waals surface area contributed by atoms with Gasteiger partial charge < -0.3 is 10.8 Å². The molecule has 0 amide bonds. The molecular formula is C11H15NO. The van der Waals surface area contributed by atoms with Gasteiger partial charge >= 0.3 is 0 Å². The van der Waals surface area contributed by atoms with Crippen LogP contribution in [0.5, 0.6) is 0 Å². The first-order valence-electron chi connectivity index (χ1n) is 4.28. The number of hydrogen-bond donors (Lipinski definition) is 2. The number of hydrogen-bond acceptors (Lipinski definition) is 2. The maximum absolute atomic E-state index is 9.10. The summed E-state index contributed by atoms with van der Waals surface area (Å²) in [4.78, 5) is 0. The van der Waals surface area contributed by atoms with E-state index in [-0.39, 0.29) is 12.6 Å². The van der Waals surface area contributed by atoms with Crippen molar-refractivity contribution in [2.24, 2.45) is 5.73 Å². The number of benzene rings is 1. The number of rotatable bonds is 3. The fourth-order valence-electron chi connectivity index (χ4n) is 1.47. The zero-order valence-electron chi connectivity index (χ0n) is 7.83. The van der Waals surface area contributed by atoms with Crippen LogP contribution in [0.1, 0.15) is 22.7 Å². The molecular weight excluding hydrogens is 162 g/mol. The Labute approximate surface area is 78.7 Å². The highest BCUT2D eigenvalue weighted by molar-refractivity contribution is 5.38. The van der Waals surface area contributed by atoms with Gasteiger partial charge in [0.1, 0.15) is 0 Å². The van der Waals surface area contributed by atoms with Crippen LogP contribution in [0.3, 0.4) is 0 Å². The molecule has 0 aliphatic heterocycles. The highest BCUT2D eigenvalue weighted by atomic mass is 16.3. The van der Waals surface area contributed by atoms with Gasteiger partial charge in [0.25, 0.3) is 0 Å². The smallest absolute Gasteiger partial charge is 0.0685 e. The molecule has 0 bridgehead atoms. The fourth-order valence-corrected chi connectivity index (χ4v) is 1.47. The van der Waals surface area contributed by atoms with Crippen molar-refractivity contribution in [3.63, 3.8) is 0 Å². The Morgan fingerprint density at radius 2 is 2.31 bits per heavy atom. The first-order valence-corrected chi connectivity index (χ1v) is 4.28. The van der Waals surface area contributed by atoms with Gasteiger partial charge in [-0.05, 0) is 23.6 Å². The lowest BCUT2D eigenvalue weighted by Gasteiger charge is -2.14. The summed E-state index contributed by atoms with van der Waals surface area (Å²) in [6.45, 7) is 5.66. The molecule has 2 nitrogen and oxygen atoms in total. The minimum atomic E-state index is -0.191. The van der Waals surface area contributed by atoms with E-state index in [1.165, 1.54) is 0 Å². The molecule has 1 aromatic rings. The standard InChI is InChI=1S/C11H15NO/c1-3-10(12)11-8(2)5-4-6-9(11)7-13/h3-6,10,13H,1,7,12H2,2H3/t10-/m0/s1. The summed E-state index contributed by atoms with van der Waals surface area (Å²) in [6.07, 6.45) is 1.68. The van der Waals surface area contributed by atoms with E-state index in [4.69, 9.17) is 10.8 Å².